The standard InChI is InChI=1S/C21H16N4O4/c1-29-16-9-10-17(20(26)12-16)21-18(19-4-2-3-11-22-19)13-24(23-21)14-5-7-15(8-6-14)25(27)28/h2-13,26H,1H3. The first-order chi connectivity index (χ1) is 14.1. The molecule has 4 aromatic rings. The van der Waals surface area contributed by atoms with E-state index in [0.717, 1.165) is 0 Å². The number of rotatable bonds is 5. The maximum Gasteiger partial charge on any atom is 0.269 e. The molecule has 0 saturated heterocycles. The molecule has 0 spiro atoms. The Hall–Kier alpha value is -4.20. The van der Waals surface area contributed by atoms with Crippen molar-refractivity contribution in [2.45, 2.75) is 0 Å². The van der Waals surface area contributed by atoms with Gasteiger partial charge >= 0.3 is 0 Å². The van der Waals surface area contributed by atoms with E-state index < -0.39 is 4.92 Å². The van der Waals surface area contributed by atoms with Crippen molar-refractivity contribution in [1.29, 1.82) is 0 Å². The molecule has 2 aromatic carbocycles. The van der Waals surface area contributed by atoms with Crippen molar-refractivity contribution in [1.82, 2.24) is 14.8 Å². The third kappa shape index (κ3) is 3.51. The predicted octanol–water partition coefficient (Wildman–Crippen LogP) is 4.22. The maximum absolute atomic E-state index is 10.9. The van der Waals surface area contributed by atoms with Gasteiger partial charge in [-0.3, -0.25) is 15.1 Å². The van der Waals surface area contributed by atoms with Crippen molar-refractivity contribution in [3.05, 3.63) is 83.2 Å². The summed E-state index contributed by atoms with van der Waals surface area (Å²) in [6.45, 7) is 0. The lowest BCUT2D eigenvalue weighted by atomic mass is 10.0. The molecule has 2 aromatic heterocycles. The number of phenols is 1. The van der Waals surface area contributed by atoms with Gasteiger partial charge in [0.1, 0.15) is 17.2 Å². The summed E-state index contributed by atoms with van der Waals surface area (Å²) in [6.07, 6.45) is 3.46. The van der Waals surface area contributed by atoms with Gasteiger partial charge in [-0.25, -0.2) is 4.68 Å². The zero-order valence-corrected chi connectivity index (χ0v) is 15.4. The largest absolute Gasteiger partial charge is 0.507 e. The average molecular weight is 388 g/mol. The van der Waals surface area contributed by atoms with E-state index >= 15 is 0 Å². The van der Waals surface area contributed by atoms with Crippen molar-refractivity contribution in [2.24, 2.45) is 0 Å². The number of phenolic OH excluding ortho intramolecular Hbond substituents is 1. The first-order valence-corrected chi connectivity index (χ1v) is 8.70. The second kappa shape index (κ2) is 7.43. The summed E-state index contributed by atoms with van der Waals surface area (Å²) in [7, 11) is 1.52. The number of aromatic hydroxyl groups is 1. The monoisotopic (exact) mass is 388 g/mol. The highest BCUT2D eigenvalue weighted by atomic mass is 16.6. The van der Waals surface area contributed by atoms with Gasteiger partial charge in [0.05, 0.1) is 23.4 Å². The predicted molar refractivity (Wildman–Crippen MR) is 107 cm³/mol. The van der Waals surface area contributed by atoms with Crippen LogP contribution >= 0.6 is 0 Å². The summed E-state index contributed by atoms with van der Waals surface area (Å²) in [5.41, 5.74) is 3.09. The third-order valence-electron chi connectivity index (χ3n) is 4.44. The molecule has 29 heavy (non-hydrogen) atoms. The fourth-order valence-corrected chi connectivity index (χ4v) is 2.98. The maximum atomic E-state index is 10.9. The number of nitro groups is 1. The zero-order chi connectivity index (χ0) is 20.4. The van der Waals surface area contributed by atoms with Crippen LogP contribution in [0.25, 0.3) is 28.2 Å². The Morgan fingerprint density at radius 1 is 1.07 bits per heavy atom. The molecule has 4 rings (SSSR count). The second-order valence-electron chi connectivity index (χ2n) is 6.21. The number of hydrogen-bond acceptors (Lipinski definition) is 6. The first-order valence-electron chi connectivity index (χ1n) is 8.70. The van der Waals surface area contributed by atoms with Crippen molar-refractivity contribution in [3.63, 3.8) is 0 Å². The van der Waals surface area contributed by atoms with Crippen molar-refractivity contribution >= 4 is 5.69 Å². The lowest BCUT2D eigenvalue weighted by molar-refractivity contribution is -0.384. The van der Waals surface area contributed by atoms with Gasteiger partial charge in [0, 0.05) is 41.7 Å². The van der Waals surface area contributed by atoms with E-state index in [-0.39, 0.29) is 11.4 Å². The topological polar surface area (TPSA) is 103 Å². The molecule has 0 amide bonds. The molecule has 8 heteroatoms. The number of nitrogens with zero attached hydrogens (tertiary/aromatic N) is 4. The molecule has 2 heterocycles. The van der Waals surface area contributed by atoms with Crippen LogP contribution in [-0.4, -0.2) is 31.9 Å². The smallest absolute Gasteiger partial charge is 0.269 e. The number of aromatic nitrogens is 3. The molecular weight excluding hydrogens is 372 g/mol. The molecule has 8 nitrogen and oxygen atoms in total. The van der Waals surface area contributed by atoms with Crippen LogP contribution in [0.2, 0.25) is 0 Å². The van der Waals surface area contributed by atoms with E-state index in [1.54, 1.807) is 41.3 Å². The molecule has 144 valence electrons. The van der Waals surface area contributed by atoms with Crippen molar-refractivity contribution < 1.29 is 14.8 Å². The van der Waals surface area contributed by atoms with Gasteiger partial charge in [-0.1, -0.05) is 6.07 Å². The highest BCUT2D eigenvalue weighted by Gasteiger charge is 2.18. The molecule has 1 N–H and O–H groups in total. The third-order valence-corrected chi connectivity index (χ3v) is 4.44. The highest BCUT2D eigenvalue weighted by Crippen LogP contribution is 2.37. The number of non-ortho nitro benzene ring substituents is 1. The van der Waals surface area contributed by atoms with Gasteiger partial charge in [-0.05, 0) is 36.4 Å². The van der Waals surface area contributed by atoms with Crippen LogP contribution in [0.4, 0.5) is 5.69 Å². The van der Waals surface area contributed by atoms with Gasteiger partial charge in [-0.15, -0.1) is 0 Å². The number of ether oxygens (including phenoxy) is 1. The molecule has 0 aliphatic carbocycles. The molecule has 0 unspecified atom stereocenters. The number of hydrogen-bond donors (Lipinski definition) is 1. The summed E-state index contributed by atoms with van der Waals surface area (Å²) < 4.78 is 6.76. The molecule has 0 bridgehead atoms. The Labute approximate surface area is 165 Å². The molecular formula is C21H16N4O4. The Bertz CT molecular complexity index is 1170. The Morgan fingerprint density at radius 3 is 2.48 bits per heavy atom. The van der Waals surface area contributed by atoms with E-state index in [1.165, 1.54) is 25.3 Å². The van der Waals surface area contributed by atoms with Crippen LogP contribution in [0.15, 0.2) is 73.1 Å². The Kier molecular flexibility index (Phi) is 4.66. The van der Waals surface area contributed by atoms with Crippen LogP contribution in [0.5, 0.6) is 11.5 Å². The van der Waals surface area contributed by atoms with Crippen LogP contribution in [0.3, 0.4) is 0 Å². The minimum absolute atomic E-state index is 0.00104. The van der Waals surface area contributed by atoms with Crippen LogP contribution in [0.1, 0.15) is 0 Å². The normalized spacial score (nSPS) is 10.7. The summed E-state index contributed by atoms with van der Waals surface area (Å²) in [4.78, 5) is 14.8. The molecule has 0 saturated carbocycles. The number of benzene rings is 2. The van der Waals surface area contributed by atoms with Gasteiger partial charge in [0.2, 0.25) is 0 Å². The van der Waals surface area contributed by atoms with Gasteiger partial charge in [0.25, 0.3) is 5.69 Å². The van der Waals surface area contributed by atoms with E-state index in [4.69, 9.17) is 4.74 Å². The fourth-order valence-electron chi connectivity index (χ4n) is 2.98. The second-order valence-corrected chi connectivity index (χ2v) is 6.21. The van der Waals surface area contributed by atoms with E-state index in [2.05, 4.69) is 10.1 Å². The molecule has 0 aliphatic heterocycles. The van der Waals surface area contributed by atoms with Gasteiger partial charge in [0.15, 0.2) is 0 Å². The fraction of sp³-hybridized carbons (Fsp3) is 0.0476. The zero-order valence-electron chi connectivity index (χ0n) is 15.4. The Balaban J connectivity index is 1.87. The number of pyridine rings is 1. The number of methoxy groups -OCH3 is 1. The summed E-state index contributed by atoms with van der Waals surface area (Å²) in [5, 5.41) is 26.0. The Morgan fingerprint density at radius 2 is 1.86 bits per heavy atom. The number of nitro benzene ring substituents is 1. The molecule has 0 fully saturated rings. The molecule has 0 atom stereocenters. The summed E-state index contributed by atoms with van der Waals surface area (Å²) in [6, 6.07) is 16.6. The van der Waals surface area contributed by atoms with Crippen LogP contribution in [-0.2, 0) is 0 Å². The van der Waals surface area contributed by atoms with E-state index in [9.17, 15) is 15.2 Å². The summed E-state index contributed by atoms with van der Waals surface area (Å²) in [5.74, 6) is 0.552. The van der Waals surface area contributed by atoms with Gasteiger partial charge < -0.3 is 9.84 Å². The summed E-state index contributed by atoms with van der Waals surface area (Å²) >= 11 is 0. The minimum Gasteiger partial charge on any atom is -0.507 e. The average Bonchev–Trinajstić information content (AvgIpc) is 3.19. The lowest BCUT2D eigenvalue weighted by Gasteiger charge is -2.07. The first kappa shape index (κ1) is 18.2. The molecule has 0 aliphatic rings. The highest BCUT2D eigenvalue weighted by molar-refractivity contribution is 5.82. The lowest BCUT2D eigenvalue weighted by Crippen LogP contribution is -1.96. The van der Waals surface area contributed by atoms with Crippen molar-refractivity contribution in [2.75, 3.05) is 7.11 Å². The molecule has 0 radical (unpaired) electrons. The quantitative estimate of drug-likeness (QED) is 0.405. The van der Waals surface area contributed by atoms with E-state index in [0.29, 0.717) is 34.0 Å². The van der Waals surface area contributed by atoms with Crippen LogP contribution < -0.4 is 4.74 Å². The van der Waals surface area contributed by atoms with Crippen LogP contribution in [0, 0.1) is 10.1 Å². The van der Waals surface area contributed by atoms with Crippen molar-refractivity contribution in [3.8, 4) is 39.7 Å². The van der Waals surface area contributed by atoms with E-state index in [1.807, 2.05) is 18.2 Å². The minimum atomic E-state index is -0.451. The van der Waals surface area contributed by atoms with Gasteiger partial charge in [-0.2, -0.15) is 5.10 Å². The SMILES string of the molecule is COc1ccc(-c2nn(-c3ccc([N+](=O)[O-])cc3)cc2-c2ccccn2)c(O)c1.